The van der Waals surface area contributed by atoms with Gasteiger partial charge in [-0.15, -0.1) is 0 Å². The molecule has 0 spiro atoms. The molecule has 0 aliphatic rings. The highest BCUT2D eigenvalue weighted by Crippen LogP contribution is 2.25. The Morgan fingerprint density at radius 1 is 0.906 bits per heavy atom. The Kier molecular flexibility index (Phi) is 5.19. The van der Waals surface area contributed by atoms with Crippen molar-refractivity contribution >= 4 is 33.8 Å². The third-order valence-corrected chi connectivity index (χ3v) is 6.45. The quantitative estimate of drug-likeness (QED) is 0.291. The Hall–Kier alpha value is -3.58. The number of nitrogens with zero attached hydrogens (tertiary/aromatic N) is 3. The van der Waals surface area contributed by atoms with E-state index in [0.29, 0.717) is 33.9 Å². The normalized spacial score (nSPS) is 11.4. The molecule has 0 aliphatic heterocycles. The van der Waals surface area contributed by atoms with E-state index in [-0.39, 0.29) is 11.3 Å². The van der Waals surface area contributed by atoms with E-state index in [0.717, 1.165) is 22.3 Å². The molecule has 5 rings (SSSR count). The van der Waals surface area contributed by atoms with Crippen LogP contribution < -0.4 is 11.3 Å². The van der Waals surface area contributed by atoms with Gasteiger partial charge in [0.1, 0.15) is 0 Å². The molecule has 0 saturated heterocycles. The minimum Gasteiger partial charge on any atom is -0.408 e. The summed E-state index contributed by atoms with van der Waals surface area (Å²) in [5, 5.41) is 1.18. The largest absolute Gasteiger partial charge is 0.419 e. The zero-order chi connectivity index (χ0) is 22.2. The topological polar surface area (TPSA) is 70.0 Å². The van der Waals surface area contributed by atoms with Crippen LogP contribution in [-0.4, -0.2) is 19.9 Å². The van der Waals surface area contributed by atoms with Gasteiger partial charge in [-0.3, -0.25) is 13.9 Å². The zero-order valence-corrected chi connectivity index (χ0v) is 18.6. The lowest BCUT2D eigenvalue weighted by Gasteiger charge is -2.17. The number of aryl methyl sites for hydroxylation is 3. The van der Waals surface area contributed by atoms with Crippen LogP contribution in [0.1, 0.15) is 11.1 Å². The van der Waals surface area contributed by atoms with E-state index < -0.39 is 0 Å². The van der Waals surface area contributed by atoms with E-state index in [9.17, 15) is 9.59 Å². The van der Waals surface area contributed by atoms with Gasteiger partial charge in [-0.25, -0.2) is 9.78 Å². The lowest BCUT2D eigenvalue weighted by Crippen LogP contribution is -2.24. The second-order valence-corrected chi connectivity index (χ2v) is 8.69. The van der Waals surface area contributed by atoms with Crippen LogP contribution in [-0.2, 0) is 6.54 Å². The summed E-state index contributed by atoms with van der Waals surface area (Å²) in [7, 11) is 0. The summed E-state index contributed by atoms with van der Waals surface area (Å²) >= 11 is 1.45. The van der Waals surface area contributed by atoms with Crippen molar-refractivity contribution in [3.8, 4) is 5.69 Å². The molecule has 160 valence electrons. The number of thioether (sulfide) groups is 1. The van der Waals surface area contributed by atoms with Gasteiger partial charge in [-0.2, -0.15) is 0 Å². The third kappa shape index (κ3) is 3.44. The van der Waals surface area contributed by atoms with E-state index in [2.05, 4.69) is 0 Å². The highest BCUT2D eigenvalue weighted by atomic mass is 32.2. The SMILES string of the molecule is Cc1cccc(C)c1-n1c(SCCn2c(=O)oc3ccccc32)nc2ccccc2c1=O. The molecule has 32 heavy (non-hydrogen) atoms. The molecular formula is C25H21N3O3S. The van der Waals surface area contributed by atoms with Crippen LogP contribution in [0.2, 0.25) is 0 Å². The van der Waals surface area contributed by atoms with Crippen molar-refractivity contribution in [1.82, 2.24) is 14.1 Å². The van der Waals surface area contributed by atoms with Crippen molar-refractivity contribution in [3.05, 3.63) is 98.8 Å². The molecule has 0 amide bonds. The van der Waals surface area contributed by atoms with E-state index >= 15 is 0 Å². The molecule has 3 aromatic carbocycles. The first-order chi connectivity index (χ1) is 15.5. The smallest absolute Gasteiger partial charge is 0.408 e. The maximum atomic E-state index is 13.5. The fourth-order valence-electron chi connectivity index (χ4n) is 4.02. The molecule has 0 atom stereocenters. The summed E-state index contributed by atoms with van der Waals surface area (Å²) in [6, 6.07) is 20.7. The predicted molar refractivity (Wildman–Crippen MR) is 128 cm³/mol. The van der Waals surface area contributed by atoms with Crippen LogP contribution >= 0.6 is 11.8 Å². The Labute approximate surface area is 188 Å². The molecule has 0 saturated carbocycles. The van der Waals surface area contributed by atoms with Gasteiger partial charge in [-0.05, 0) is 49.2 Å². The summed E-state index contributed by atoms with van der Waals surface area (Å²) in [5.74, 6) is 0.171. The van der Waals surface area contributed by atoms with Gasteiger partial charge in [0.05, 0.1) is 22.1 Å². The molecule has 7 heteroatoms. The van der Waals surface area contributed by atoms with Gasteiger partial charge in [0.15, 0.2) is 10.7 Å². The second-order valence-electron chi connectivity index (χ2n) is 7.63. The number of para-hydroxylation sites is 4. The Balaban J connectivity index is 1.58. The first-order valence-electron chi connectivity index (χ1n) is 10.3. The maximum Gasteiger partial charge on any atom is 0.419 e. The molecule has 0 N–H and O–H groups in total. The molecule has 5 aromatic rings. The molecule has 0 aliphatic carbocycles. The monoisotopic (exact) mass is 443 g/mol. The summed E-state index contributed by atoms with van der Waals surface area (Å²) in [6.07, 6.45) is 0. The molecular weight excluding hydrogens is 422 g/mol. The number of hydrogen-bond donors (Lipinski definition) is 0. The molecule has 0 unspecified atom stereocenters. The number of hydrogen-bond acceptors (Lipinski definition) is 5. The molecule has 0 bridgehead atoms. The van der Waals surface area contributed by atoms with Crippen LogP contribution in [0, 0.1) is 13.8 Å². The highest BCUT2D eigenvalue weighted by Gasteiger charge is 2.17. The van der Waals surface area contributed by atoms with Crippen molar-refractivity contribution in [2.45, 2.75) is 25.5 Å². The lowest BCUT2D eigenvalue weighted by atomic mass is 10.1. The van der Waals surface area contributed by atoms with Gasteiger partial charge < -0.3 is 4.42 Å². The maximum absolute atomic E-state index is 13.5. The Bertz CT molecular complexity index is 1560. The molecule has 0 radical (unpaired) electrons. The lowest BCUT2D eigenvalue weighted by molar-refractivity contribution is 0.514. The number of benzene rings is 3. The molecule has 6 nitrogen and oxygen atoms in total. The van der Waals surface area contributed by atoms with Crippen LogP contribution in [0.15, 0.2) is 85.9 Å². The van der Waals surface area contributed by atoms with Crippen molar-refractivity contribution < 1.29 is 4.42 Å². The summed E-state index contributed by atoms with van der Waals surface area (Å²) in [4.78, 5) is 30.6. The first kappa shape index (κ1) is 20.3. The average molecular weight is 444 g/mol. The van der Waals surface area contributed by atoms with E-state index in [1.807, 2.05) is 68.4 Å². The number of oxazole rings is 1. The van der Waals surface area contributed by atoms with Crippen LogP contribution in [0.4, 0.5) is 0 Å². The minimum absolute atomic E-state index is 0.0959. The van der Waals surface area contributed by atoms with Crippen LogP contribution in [0.25, 0.3) is 27.7 Å². The van der Waals surface area contributed by atoms with E-state index in [1.54, 1.807) is 21.3 Å². The number of aromatic nitrogens is 3. The molecule has 2 aromatic heterocycles. The van der Waals surface area contributed by atoms with Crippen molar-refractivity contribution in [1.29, 1.82) is 0 Å². The van der Waals surface area contributed by atoms with Crippen molar-refractivity contribution in [2.75, 3.05) is 5.75 Å². The van der Waals surface area contributed by atoms with Crippen molar-refractivity contribution in [2.24, 2.45) is 0 Å². The Morgan fingerprint density at radius 2 is 1.62 bits per heavy atom. The minimum atomic E-state index is -0.384. The van der Waals surface area contributed by atoms with E-state index in [4.69, 9.17) is 9.40 Å². The predicted octanol–water partition coefficient (Wildman–Crippen LogP) is 4.70. The van der Waals surface area contributed by atoms with Gasteiger partial charge in [0, 0.05) is 12.3 Å². The Morgan fingerprint density at radius 3 is 2.44 bits per heavy atom. The fraction of sp³-hybridized carbons (Fsp3) is 0.160. The number of fused-ring (bicyclic) bond motifs is 2. The summed E-state index contributed by atoms with van der Waals surface area (Å²) < 4.78 is 8.65. The second kappa shape index (κ2) is 8.16. The molecule has 2 heterocycles. The van der Waals surface area contributed by atoms with Gasteiger partial charge >= 0.3 is 5.76 Å². The third-order valence-electron chi connectivity index (χ3n) is 5.53. The van der Waals surface area contributed by atoms with Crippen molar-refractivity contribution in [3.63, 3.8) is 0 Å². The zero-order valence-electron chi connectivity index (χ0n) is 17.7. The first-order valence-corrected chi connectivity index (χ1v) is 11.3. The van der Waals surface area contributed by atoms with Crippen LogP contribution in [0.3, 0.4) is 0 Å². The summed E-state index contributed by atoms with van der Waals surface area (Å²) in [5.41, 5.74) is 4.75. The highest BCUT2D eigenvalue weighted by molar-refractivity contribution is 7.99. The average Bonchev–Trinajstić information content (AvgIpc) is 3.10. The van der Waals surface area contributed by atoms with Gasteiger partial charge in [0.25, 0.3) is 5.56 Å². The van der Waals surface area contributed by atoms with Gasteiger partial charge in [-0.1, -0.05) is 54.2 Å². The van der Waals surface area contributed by atoms with E-state index in [1.165, 1.54) is 11.8 Å². The molecule has 0 fully saturated rings. The van der Waals surface area contributed by atoms with Crippen LogP contribution in [0.5, 0.6) is 0 Å². The number of rotatable bonds is 5. The summed E-state index contributed by atoms with van der Waals surface area (Å²) in [6.45, 7) is 4.43. The fourth-order valence-corrected chi connectivity index (χ4v) is 4.94. The standard InChI is InChI=1S/C25H21N3O3S/c1-16-8-7-9-17(2)22(16)28-23(29)18-10-3-4-11-19(18)26-24(28)32-15-14-27-20-12-5-6-13-21(20)31-25(27)30/h3-13H,14-15H2,1-2H3. The van der Waals surface area contributed by atoms with Gasteiger partial charge in [0.2, 0.25) is 0 Å².